The van der Waals surface area contributed by atoms with Crippen LogP contribution in [0.15, 0.2) is 0 Å². The zero-order valence-electron chi connectivity index (χ0n) is 4.94. The minimum absolute atomic E-state index is 0.636. The lowest BCUT2D eigenvalue weighted by Crippen LogP contribution is -1.98. The normalized spacial score (nSPS) is 19.0. The lowest BCUT2D eigenvalue weighted by atomic mass is 11.8. The largest absolute Gasteiger partial charge is 0.441 e. The van der Waals surface area contributed by atoms with Crippen LogP contribution in [0.4, 0.5) is 0 Å². The summed E-state index contributed by atoms with van der Waals surface area (Å²) in [5.74, 6) is 0. The van der Waals surface area contributed by atoms with Crippen molar-refractivity contribution in [2.75, 3.05) is 13.4 Å². The zero-order valence-corrected chi connectivity index (χ0v) is 6.65. The van der Waals surface area contributed by atoms with E-state index in [9.17, 15) is 13.0 Å². The third kappa shape index (κ3) is 2.06. The first-order valence-corrected chi connectivity index (χ1v) is 5.97. The molecular weight excluding hydrogens is 167 g/mol. The highest BCUT2D eigenvalue weighted by Gasteiger charge is 2.31. The molecular formula is C2H7O5PS. The van der Waals surface area contributed by atoms with Crippen LogP contribution >= 0.6 is 6.80 Å². The monoisotopic (exact) mass is 174 g/mol. The maximum atomic E-state index is 10.3. The number of hydrogen-bond donors (Lipinski definition) is 1. The molecule has 0 aromatic heterocycles. The van der Waals surface area contributed by atoms with Gasteiger partial charge in [-0.25, -0.2) is 13.0 Å². The van der Waals surface area contributed by atoms with Gasteiger partial charge in [-0.05, 0) is 0 Å². The molecule has 0 heterocycles. The highest BCUT2D eigenvalue weighted by atomic mass is 32.8. The van der Waals surface area contributed by atoms with E-state index in [4.69, 9.17) is 4.89 Å². The van der Waals surface area contributed by atoms with Crippen LogP contribution < -0.4 is 0 Å². The van der Waals surface area contributed by atoms with Crippen LogP contribution in [0.2, 0.25) is 0 Å². The maximum Gasteiger partial charge on any atom is 0.441 e. The molecule has 1 atom stereocenters. The molecule has 0 spiro atoms. The van der Waals surface area contributed by atoms with E-state index in [2.05, 4.69) is 4.52 Å². The van der Waals surface area contributed by atoms with E-state index in [1.165, 1.54) is 0 Å². The van der Waals surface area contributed by atoms with Crippen LogP contribution in [0, 0.1) is 0 Å². The van der Waals surface area contributed by atoms with E-state index in [0.29, 0.717) is 6.26 Å². The molecule has 0 aliphatic rings. The van der Waals surface area contributed by atoms with Gasteiger partial charge in [-0.2, -0.15) is 0 Å². The van der Waals surface area contributed by atoms with Crippen molar-refractivity contribution in [2.24, 2.45) is 0 Å². The highest BCUT2D eigenvalue weighted by molar-refractivity contribution is 8.48. The fourth-order valence-electron chi connectivity index (χ4n) is 0.135. The van der Waals surface area contributed by atoms with E-state index in [0.717, 1.165) is 7.11 Å². The quantitative estimate of drug-likeness (QED) is 0.585. The van der Waals surface area contributed by atoms with E-state index in [-0.39, 0.29) is 0 Å². The molecule has 1 unspecified atom stereocenters. The minimum Gasteiger partial charge on any atom is -0.313 e. The highest BCUT2D eigenvalue weighted by Crippen LogP contribution is 2.46. The maximum absolute atomic E-state index is 10.3. The standard InChI is InChI=1S/C2H7O5PS/c1-7-8(3,4)9(2,5)6/h1-2H3,(H,3,4). The molecule has 0 aromatic carbocycles. The van der Waals surface area contributed by atoms with E-state index in [1.807, 2.05) is 0 Å². The smallest absolute Gasteiger partial charge is 0.313 e. The fraction of sp³-hybridized carbons (Fsp3) is 1.00. The first-order chi connectivity index (χ1) is 3.81. The van der Waals surface area contributed by atoms with Crippen LogP contribution in [-0.4, -0.2) is 26.7 Å². The second-order valence-corrected chi connectivity index (χ2v) is 7.53. The lowest BCUT2D eigenvalue weighted by molar-refractivity contribution is 0.332. The Bertz CT molecular complexity index is 227. The summed E-state index contributed by atoms with van der Waals surface area (Å²) < 4.78 is 34.7. The summed E-state index contributed by atoms with van der Waals surface area (Å²) >= 11 is 0. The fourth-order valence-corrected chi connectivity index (χ4v) is 1.22. The topological polar surface area (TPSA) is 80.7 Å². The van der Waals surface area contributed by atoms with Crippen molar-refractivity contribution in [2.45, 2.75) is 0 Å². The van der Waals surface area contributed by atoms with Gasteiger partial charge in [-0.1, -0.05) is 0 Å². The molecule has 7 heteroatoms. The molecule has 0 saturated carbocycles. The molecule has 0 amide bonds. The van der Waals surface area contributed by atoms with Crippen LogP contribution in [0.25, 0.3) is 0 Å². The second-order valence-electron chi connectivity index (χ2n) is 1.38. The lowest BCUT2D eigenvalue weighted by Gasteiger charge is -2.03. The summed E-state index contributed by atoms with van der Waals surface area (Å²) in [7, 11) is -3.10. The van der Waals surface area contributed by atoms with Crippen molar-refractivity contribution < 1.29 is 22.4 Å². The summed E-state index contributed by atoms with van der Waals surface area (Å²) in [6.07, 6.45) is 0.636. The SMILES string of the molecule is COP(=O)(O)S(C)(=O)=O. The van der Waals surface area contributed by atoms with Gasteiger partial charge in [0, 0.05) is 7.11 Å². The molecule has 5 nitrogen and oxygen atoms in total. The van der Waals surface area contributed by atoms with Crippen molar-refractivity contribution in [1.29, 1.82) is 0 Å². The molecule has 0 fully saturated rings. The molecule has 0 radical (unpaired) electrons. The third-order valence-corrected chi connectivity index (χ3v) is 4.91. The van der Waals surface area contributed by atoms with Crippen molar-refractivity contribution in [3.05, 3.63) is 0 Å². The number of rotatable bonds is 2. The first-order valence-electron chi connectivity index (χ1n) is 1.90. The summed E-state index contributed by atoms with van der Waals surface area (Å²) in [6.45, 7) is -4.39. The molecule has 0 aliphatic heterocycles. The average molecular weight is 174 g/mol. The van der Waals surface area contributed by atoms with Gasteiger partial charge in [0.2, 0.25) is 9.46 Å². The Labute approximate surface area is 52.8 Å². The van der Waals surface area contributed by atoms with Gasteiger partial charge < -0.3 is 9.42 Å². The van der Waals surface area contributed by atoms with Gasteiger partial charge in [0.15, 0.2) is 0 Å². The summed E-state index contributed by atoms with van der Waals surface area (Å²) in [4.78, 5) is 8.41. The van der Waals surface area contributed by atoms with Crippen molar-refractivity contribution in [1.82, 2.24) is 0 Å². The molecule has 0 bridgehead atoms. The van der Waals surface area contributed by atoms with Gasteiger partial charge in [0.1, 0.15) is 0 Å². The van der Waals surface area contributed by atoms with E-state index in [1.54, 1.807) is 0 Å². The summed E-state index contributed by atoms with van der Waals surface area (Å²) in [5, 5.41) is 0. The van der Waals surface area contributed by atoms with Crippen molar-refractivity contribution in [3.63, 3.8) is 0 Å². The summed E-state index contributed by atoms with van der Waals surface area (Å²) in [6, 6.07) is 0. The van der Waals surface area contributed by atoms with Crippen LogP contribution in [0.5, 0.6) is 0 Å². The Morgan fingerprint density at radius 3 is 1.89 bits per heavy atom. The summed E-state index contributed by atoms with van der Waals surface area (Å²) in [5.41, 5.74) is 0. The predicted octanol–water partition coefficient (Wildman–Crippen LogP) is -0.222. The Morgan fingerprint density at radius 2 is 1.89 bits per heavy atom. The Morgan fingerprint density at radius 1 is 1.56 bits per heavy atom. The molecule has 0 rings (SSSR count). The molecule has 0 saturated heterocycles. The molecule has 0 aliphatic carbocycles. The Balaban J connectivity index is 4.80. The van der Waals surface area contributed by atoms with Crippen molar-refractivity contribution >= 4 is 16.3 Å². The Hall–Kier alpha value is 0.100. The second kappa shape index (κ2) is 2.38. The molecule has 0 aromatic rings. The first kappa shape index (κ1) is 9.10. The Kier molecular flexibility index (Phi) is 2.41. The van der Waals surface area contributed by atoms with Crippen molar-refractivity contribution in [3.8, 4) is 0 Å². The number of hydrogen-bond acceptors (Lipinski definition) is 4. The third-order valence-electron chi connectivity index (χ3n) is 0.650. The van der Waals surface area contributed by atoms with Crippen LogP contribution in [0.1, 0.15) is 0 Å². The van der Waals surface area contributed by atoms with E-state index < -0.39 is 16.3 Å². The van der Waals surface area contributed by atoms with Gasteiger partial charge in [0.05, 0.1) is 6.26 Å². The predicted molar refractivity (Wildman–Crippen MR) is 31.7 cm³/mol. The minimum atomic E-state index is -4.39. The van der Waals surface area contributed by atoms with Gasteiger partial charge in [-0.3, -0.25) is 0 Å². The molecule has 56 valence electrons. The molecule has 9 heavy (non-hydrogen) atoms. The van der Waals surface area contributed by atoms with Crippen LogP contribution in [-0.2, 0) is 18.5 Å². The van der Waals surface area contributed by atoms with Gasteiger partial charge in [0.25, 0.3) is 0 Å². The van der Waals surface area contributed by atoms with E-state index >= 15 is 0 Å². The molecule has 1 N–H and O–H groups in total. The van der Waals surface area contributed by atoms with Gasteiger partial charge in [-0.15, -0.1) is 0 Å². The van der Waals surface area contributed by atoms with Gasteiger partial charge >= 0.3 is 6.80 Å². The zero-order chi connectivity index (χ0) is 7.71. The van der Waals surface area contributed by atoms with Crippen LogP contribution in [0.3, 0.4) is 0 Å². The average Bonchev–Trinajstić information content (AvgIpc) is 1.64.